The molecule has 0 radical (unpaired) electrons. The molecule has 1 aromatic heterocycles. The zero-order valence-corrected chi connectivity index (χ0v) is 14.3. The number of hydrogen-bond donors (Lipinski definition) is 0. The summed E-state index contributed by atoms with van der Waals surface area (Å²) in [5.74, 6) is -0.477. The Bertz CT molecular complexity index is 727. The third kappa shape index (κ3) is 3.82. The molecule has 0 saturated heterocycles. The predicted molar refractivity (Wildman–Crippen MR) is 88.6 cm³/mol. The first-order chi connectivity index (χ1) is 11.0. The van der Waals surface area contributed by atoms with Crippen LogP contribution in [0.1, 0.15) is 30.6 Å². The molecule has 23 heavy (non-hydrogen) atoms. The maximum absolute atomic E-state index is 12.4. The second kappa shape index (κ2) is 7.46. The highest BCUT2D eigenvalue weighted by Gasteiger charge is 2.16. The van der Waals surface area contributed by atoms with Gasteiger partial charge in [-0.3, -0.25) is 9.59 Å². The zero-order chi connectivity index (χ0) is 17.0. The first-order valence-corrected chi connectivity index (χ1v) is 7.92. The molecule has 0 aliphatic carbocycles. The summed E-state index contributed by atoms with van der Waals surface area (Å²) in [6.45, 7) is 5.09. The number of carbonyl (C=O) groups excluding carboxylic acids is 2. The van der Waals surface area contributed by atoms with Gasteiger partial charge in [-0.15, -0.1) is 0 Å². The minimum absolute atomic E-state index is 0.168. The van der Waals surface area contributed by atoms with Crippen molar-refractivity contribution in [2.75, 3.05) is 20.2 Å². The van der Waals surface area contributed by atoms with Crippen LogP contribution in [0, 0.1) is 0 Å². The average molecular weight is 338 g/mol. The molecule has 0 fully saturated rings. The van der Waals surface area contributed by atoms with Crippen molar-refractivity contribution in [3.05, 3.63) is 29.0 Å². The fourth-order valence-electron chi connectivity index (χ4n) is 2.35. The van der Waals surface area contributed by atoms with E-state index in [0.717, 1.165) is 5.52 Å². The number of esters is 1. The fourth-order valence-corrected chi connectivity index (χ4v) is 2.65. The summed E-state index contributed by atoms with van der Waals surface area (Å²) in [5, 5.41) is 0.405. The monoisotopic (exact) mass is 337 g/mol. The summed E-state index contributed by atoms with van der Waals surface area (Å²) >= 11 is 6.08. The lowest BCUT2D eigenvalue weighted by molar-refractivity contribution is -0.143. The number of fused-ring (bicyclic) bond motifs is 1. The third-order valence-corrected chi connectivity index (χ3v) is 3.86. The van der Waals surface area contributed by atoms with Gasteiger partial charge in [0.15, 0.2) is 0 Å². The van der Waals surface area contributed by atoms with Gasteiger partial charge in [0.25, 0.3) is 5.91 Å². The van der Waals surface area contributed by atoms with Crippen LogP contribution in [-0.4, -0.2) is 46.5 Å². The van der Waals surface area contributed by atoms with Crippen molar-refractivity contribution in [2.24, 2.45) is 0 Å². The lowest BCUT2D eigenvalue weighted by atomic mass is 10.1. The standard InChI is InChI=1S/C16H20ClN3O3/c1-4-20-13-7-6-11(10-12(13)18-16(20)17)15(22)19(3)9-8-14(21)23-5-2/h6-7,10H,4-5,8-9H2,1-3H3. The highest BCUT2D eigenvalue weighted by Crippen LogP contribution is 2.21. The molecule has 124 valence electrons. The zero-order valence-electron chi connectivity index (χ0n) is 13.5. The summed E-state index contributed by atoms with van der Waals surface area (Å²) in [5.41, 5.74) is 2.09. The van der Waals surface area contributed by atoms with Gasteiger partial charge in [0, 0.05) is 25.7 Å². The van der Waals surface area contributed by atoms with Gasteiger partial charge in [0.05, 0.1) is 24.1 Å². The first kappa shape index (κ1) is 17.3. The van der Waals surface area contributed by atoms with Crippen LogP contribution in [0.4, 0.5) is 0 Å². The number of aryl methyl sites for hydroxylation is 1. The summed E-state index contributed by atoms with van der Waals surface area (Å²) < 4.78 is 6.73. The van der Waals surface area contributed by atoms with Gasteiger partial charge in [-0.05, 0) is 43.6 Å². The first-order valence-electron chi connectivity index (χ1n) is 7.54. The largest absolute Gasteiger partial charge is 0.466 e. The quantitative estimate of drug-likeness (QED) is 0.760. The minimum atomic E-state index is -0.309. The van der Waals surface area contributed by atoms with Crippen molar-refractivity contribution in [1.82, 2.24) is 14.5 Å². The fraction of sp³-hybridized carbons (Fsp3) is 0.438. The molecule has 7 heteroatoms. The van der Waals surface area contributed by atoms with Crippen LogP contribution in [0.3, 0.4) is 0 Å². The minimum Gasteiger partial charge on any atom is -0.466 e. The molecule has 0 atom stereocenters. The smallest absolute Gasteiger partial charge is 0.307 e. The summed E-state index contributed by atoms with van der Waals surface area (Å²) in [6, 6.07) is 5.30. The molecule has 1 amide bonds. The number of ether oxygens (including phenoxy) is 1. The van der Waals surface area contributed by atoms with E-state index in [0.29, 0.717) is 36.1 Å². The SMILES string of the molecule is CCOC(=O)CCN(C)C(=O)c1ccc2c(c1)nc(Cl)n2CC. The molecular formula is C16H20ClN3O3. The van der Waals surface area contributed by atoms with Crippen molar-refractivity contribution in [3.63, 3.8) is 0 Å². The van der Waals surface area contributed by atoms with Crippen LogP contribution in [0.25, 0.3) is 11.0 Å². The van der Waals surface area contributed by atoms with E-state index in [1.807, 2.05) is 17.6 Å². The van der Waals surface area contributed by atoms with Gasteiger partial charge in [-0.25, -0.2) is 4.98 Å². The van der Waals surface area contributed by atoms with Gasteiger partial charge >= 0.3 is 5.97 Å². The predicted octanol–water partition coefficient (Wildman–Crippen LogP) is 2.73. The van der Waals surface area contributed by atoms with Gasteiger partial charge in [0.1, 0.15) is 0 Å². The van der Waals surface area contributed by atoms with E-state index in [4.69, 9.17) is 16.3 Å². The van der Waals surface area contributed by atoms with Gasteiger partial charge in [0.2, 0.25) is 5.28 Å². The summed E-state index contributed by atoms with van der Waals surface area (Å²) in [6.07, 6.45) is 0.175. The van der Waals surface area contributed by atoms with E-state index in [2.05, 4.69) is 4.98 Å². The lowest BCUT2D eigenvalue weighted by Gasteiger charge is -2.16. The highest BCUT2D eigenvalue weighted by atomic mass is 35.5. The van der Waals surface area contributed by atoms with Crippen molar-refractivity contribution in [3.8, 4) is 0 Å². The van der Waals surface area contributed by atoms with Crippen LogP contribution < -0.4 is 0 Å². The van der Waals surface area contributed by atoms with E-state index in [1.165, 1.54) is 4.90 Å². The molecule has 2 rings (SSSR count). The van der Waals surface area contributed by atoms with Gasteiger partial charge < -0.3 is 14.2 Å². The number of rotatable bonds is 6. The van der Waals surface area contributed by atoms with Crippen LogP contribution in [0.5, 0.6) is 0 Å². The number of nitrogens with zero attached hydrogens (tertiary/aromatic N) is 3. The number of aromatic nitrogens is 2. The van der Waals surface area contributed by atoms with Crippen molar-refractivity contribution < 1.29 is 14.3 Å². The van der Waals surface area contributed by atoms with Crippen LogP contribution >= 0.6 is 11.6 Å². The molecule has 0 saturated carbocycles. The Morgan fingerprint density at radius 1 is 1.35 bits per heavy atom. The molecule has 0 unspecified atom stereocenters. The Morgan fingerprint density at radius 2 is 2.09 bits per heavy atom. The molecule has 2 aromatic rings. The number of hydrogen-bond acceptors (Lipinski definition) is 4. The van der Waals surface area contributed by atoms with Crippen molar-refractivity contribution in [2.45, 2.75) is 26.8 Å². The number of benzene rings is 1. The lowest BCUT2D eigenvalue weighted by Crippen LogP contribution is -2.29. The maximum Gasteiger partial charge on any atom is 0.307 e. The molecule has 0 aliphatic rings. The molecule has 0 aliphatic heterocycles. The van der Waals surface area contributed by atoms with E-state index in [9.17, 15) is 9.59 Å². The molecule has 6 nitrogen and oxygen atoms in total. The average Bonchev–Trinajstić information content (AvgIpc) is 2.86. The molecule has 1 aromatic carbocycles. The van der Waals surface area contributed by atoms with E-state index >= 15 is 0 Å². The Hall–Kier alpha value is -2.08. The van der Waals surface area contributed by atoms with Crippen molar-refractivity contribution >= 4 is 34.5 Å². The number of carbonyl (C=O) groups is 2. The summed E-state index contributed by atoms with van der Waals surface area (Å²) in [4.78, 5) is 29.6. The second-order valence-corrected chi connectivity index (χ2v) is 5.45. The van der Waals surface area contributed by atoms with Crippen LogP contribution in [-0.2, 0) is 16.1 Å². The van der Waals surface area contributed by atoms with E-state index in [-0.39, 0.29) is 18.3 Å². The molecule has 0 spiro atoms. The number of halogens is 1. The molecule has 1 heterocycles. The van der Waals surface area contributed by atoms with Crippen LogP contribution in [0.2, 0.25) is 5.28 Å². The normalized spacial score (nSPS) is 10.8. The van der Waals surface area contributed by atoms with Crippen LogP contribution in [0.15, 0.2) is 18.2 Å². The molecular weight excluding hydrogens is 318 g/mol. The highest BCUT2D eigenvalue weighted by molar-refractivity contribution is 6.29. The number of imidazole rings is 1. The second-order valence-electron chi connectivity index (χ2n) is 5.11. The van der Waals surface area contributed by atoms with Gasteiger partial charge in [-0.2, -0.15) is 0 Å². The maximum atomic E-state index is 12.4. The Labute approximate surface area is 140 Å². The summed E-state index contributed by atoms with van der Waals surface area (Å²) in [7, 11) is 1.66. The van der Waals surface area contributed by atoms with E-state index < -0.39 is 0 Å². The molecule has 0 N–H and O–H groups in total. The molecule has 0 bridgehead atoms. The third-order valence-electron chi connectivity index (χ3n) is 3.57. The van der Waals surface area contributed by atoms with E-state index in [1.54, 1.807) is 26.1 Å². The topological polar surface area (TPSA) is 64.4 Å². The van der Waals surface area contributed by atoms with Gasteiger partial charge in [-0.1, -0.05) is 0 Å². The Balaban J connectivity index is 2.13. The Morgan fingerprint density at radius 3 is 2.74 bits per heavy atom. The Kier molecular flexibility index (Phi) is 5.60. The number of amides is 1. The van der Waals surface area contributed by atoms with Crippen molar-refractivity contribution in [1.29, 1.82) is 0 Å².